The van der Waals surface area contributed by atoms with E-state index in [1.54, 1.807) is 0 Å². The molecule has 1 aliphatic carbocycles. The van der Waals surface area contributed by atoms with Crippen molar-refractivity contribution in [2.45, 2.75) is 44.0 Å². The Morgan fingerprint density at radius 2 is 2.20 bits per heavy atom. The lowest BCUT2D eigenvalue weighted by Gasteiger charge is -2.12. The Morgan fingerprint density at radius 1 is 1.35 bits per heavy atom. The molecule has 108 valence electrons. The molecule has 0 aliphatic heterocycles. The fourth-order valence-electron chi connectivity index (χ4n) is 2.99. The van der Waals surface area contributed by atoms with E-state index < -0.39 is 0 Å². The maximum Gasteiger partial charge on any atom is 0.199 e. The molecule has 0 spiro atoms. The van der Waals surface area contributed by atoms with Crippen LogP contribution in [0.4, 0.5) is 0 Å². The van der Waals surface area contributed by atoms with E-state index >= 15 is 0 Å². The normalized spacial score (nSPS) is 22.7. The molecule has 2 unspecified atom stereocenters. The third-order valence-electron chi connectivity index (χ3n) is 4.00. The first-order valence-electron chi connectivity index (χ1n) is 7.28. The van der Waals surface area contributed by atoms with Gasteiger partial charge in [-0.25, -0.2) is 0 Å². The fraction of sp³-hybridized carbons (Fsp3) is 0.500. The van der Waals surface area contributed by atoms with Crippen LogP contribution in [0, 0.1) is 0 Å². The SMILES string of the molecule is CCSC1CCC(NCc2c(Cl)oc3ccccc23)C1. The van der Waals surface area contributed by atoms with Crippen molar-refractivity contribution in [3.8, 4) is 0 Å². The zero-order valence-electron chi connectivity index (χ0n) is 11.7. The number of para-hydroxylation sites is 1. The highest BCUT2D eigenvalue weighted by molar-refractivity contribution is 7.99. The Kier molecular flexibility index (Phi) is 4.59. The van der Waals surface area contributed by atoms with E-state index in [2.05, 4.69) is 30.1 Å². The van der Waals surface area contributed by atoms with Gasteiger partial charge in [0.05, 0.1) is 0 Å². The summed E-state index contributed by atoms with van der Waals surface area (Å²) in [6, 6.07) is 8.66. The van der Waals surface area contributed by atoms with Gasteiger partial charge >= 0.3 is 0 Å². The standard InChI is InChI=1S/C16H20ClNOS/c1-2-20-12-8-7-11(9-12)18-10-14-13-5-3-4-6-15(13)19-16(14)17/h3-6,11-12,18H,2,7-10H2,1H3. The highest BCUT2D eigenvalue weighted by Gasteiger charge is 2.24. The average Bonchev–Trinajstić information content (AvgIpc) is 3.01. The van der Waals surface area contributed by atoms with E-state index in [1.807, 2.05) is 18.2 Å². The summed E-state index contributed by atoms with van der Waals surface area (Å²) in [5.41, 5.74) is 1.97. The number of furan rings is 1. The van der Waals surface area contributed by atoms with Gasteiger partial charge in [0.1, 0.15) is 5.58 Å². The third-order valence-corrected chi connectivity index (χ3v) is 5.54. The first kappa shape index (κ1) is 14.3. The van der Waals surface area contributed by atoms with Crippen LogP contribution in [0.1, 0.15) is 31.7 Å². The minimum atomic E-state index is 0.524. The van der Waals surface area contributed by atoms with E-state index in [1.165, 1.54) is 25.0 Å². The molecule has 2 aromatic rings. The van der Waals surface area contributed by atoms with Crippen LogP contribution in [-0.4, -0.2) is 17.0 Å². The summed E-state index contributed by atoms with van der Waals surface area (Å²) in [6.07, 6.45) is 3.87. The molecule has 3 rings (SSSR count). The van der Waals surface area contributed by atoms with Crippen molar-refractivity contribution in [1.82, 2.24) is 5.32 Å². The van der Waals surface area contributed by atoms with Crippen molar-refractivity contribution in [1.29, 1.82) is 0 Å². The van der Waals surface area contributed by atoms with E-state index in [4.69, 9.17) is 16.0 Å². The van der Waals surface area contributed by atoms with Gasteiger partial charge in [0.15, 0.2) is 5.22 Å². The molecule has 1 fully saturated rings. The Hall–Kier alpha value is -0.640. The molecule has 2 nitrogen and oxygen atoms in total. The molecule has 0 radical (unpaired) electrons. The number of halogens is 1. The highest BCUT2D eigenvalue weighted by atomic mass is 35.5. The van der Waals surface area contributed by atoms with Crippen molar-refractivity contribution in [2.24, 2.45) is 0 Å². The Bertz CT molecular complexity index is 583. The maximum absolute atomic E-state index is 6.22. The van der Waals surface area contributed by atoms with Crippen LogP contribution in [0.5, 0.6) is 0 Å². The average molecular weight is 310 g/mol. The molecule has 1 aromatic heterocycles. The van der Waals surface area contributed by atoms with E-state index in [-0.39, 0.29) is 0 Å². The third kappa shape index (κ3) is 3.00. The number of fused-ring (bicyclic) bond motifs is 1. The maximum atomic E-state index is 6.22. The van der Waals surface area contributed by atoms with Crippen LogP contribution in [-0.2, 0) is 6.54 Å². The number of rotatable bonds is 5. The Morgan fingerprint density at radius 3 is 3.05 bits per heavy atom. The minimum absolute atomic E-state index is 0.524. The lowest BCUT2D eigenvalue weighted by atomic mass is 10.1. The summed E-state index contributed by atoms with van der Waals surface area (Å²) in [4.78, 5) is 0. The van der Waals surface area contributed by atoms with Crippen LogP contribution in [0.15, 0.2) is 28.7 Å². The van der Waals surface area contributed by atoms with Gasteiger partial charge < -0.3 is 9.73 Å². The fourth-order valence-corrected chi connectivity index (χ4v) is 4.39. The molecule has 0 saturated heterocycles. The smallest absolute Gasteiger partial charge is 0.199 e. The molecular weight excluding hydrogens is 290 g/mol. The molecule has 4 heteroatoms. The van der Waals surface area contributed by atoms with Crippen LogP contribution in [0.25, 0.3) is 11.0 Å². The molecule has 0 amide bonds. The lowest BCUT2D eigenvalue weighted by Crippen LogP contribution is -2.26. The van der Waals surface area contributed by atoms with Crippen LogP contribution >= 0.6 is 23.4 Å². The zero-order valence-corrected chi connectivity index (χ0v) is 13.3. The molecule has 1 aliphatic rings. The molecular formula is C16H20ClNOS. The molecule has 1 N–H and O–H groups in total. The van der Waals surface area contributed by atoms with Crippen molar-refractivity contribution in [3.05, 3.63) is 35.0 Å². The zero-order chi connectivity index (χ0) is 13.9. The van der Waals surface area contributed by atoms with Gasteiger partial charge in [-0.3, -0.25) is 0 Å². The second kappa shape index (κ2) is 6.42. The number of thioether (sulfide) groups is 1. The minimum Gasteiger partial charge on any atom is -0.444 e. The number of hydrogen-bond donors (Lipinski definition) is 1. The molecule has 0 bridgehead atoms. The summed E-state index contributed by atoms with van der Waals surface area (Å²) in [5, 5.41) is 6.13. The van der Waals surface area contributed by atoms with E-state index in [9.17, 15) is 0 Å². The first-order valence-corrected chi connectivity index (χ1v) is 8.71. The molecule has 1 heterocycles. The predicted octanol–water partition coefficient (Wildman–Crippen LogP) is 4.85. The van der Waals surface area contributed by atoms with Gasteiger partial charge in [0, 0.05) is 28.8 Å². The molecule has 1 aromatic carbocycles. The van der Waals surface area contributed by atoms with Gasteiger partial charge in [-0.15, -0.1) is 0 Å². The second-order valence-electron chi connectivity index (χ2n) is 5.32. The summed E-state index contributed by atoms with van der Waals surface area (Å²) in [6.45, 7) is 3.03. The topological polar surface area (TPSA) is 25.2 Å². The predicted molar refractivity (Wildman–Crippen MR) is 87.6 cm³/mol. The van der Waals surface area contributed by atoms with Crippen molar-refractivity contribution in [3.63, 3.8) is 0 Å². The van der Waals surface area contributed by atoms with Crippen molar-refractivity contribution >= 4 is 34.3 Å². The van der Waals surface area contributed by atoms with E-state index in [0.29, 0.717) is 11.3 Å². The number of hydrogen-bond acceptors (Lipinski definition) is 3. The quantitative estimate of drug-likeness (QED) is 0.854. The summed E-state index contributed by atoms with van der Waals surface area (Å²) >= 11 is 8.31. The van der Waals surface area contributed by atoms with Crippen LogP contribution < -0.4 is 5.32 Å². The highest BCUT2D eigenvalue weighted by Crippen LogP contribution is 2.32. The van der Waals surface area contributed by atoms with Crippen LogP contribution in [0.2, 0.25) is 5.22 Å². The summed E-state index contributed by atoms with van der Waals surface area (Å²) in [7, 11) is 0. The Balaban J connectivity index is 1.64. The monoisotopic (exact) mass is 309 g/mol. The van der Waals surface area contributed by atoms with Gasteiger partial charge in [-0.2, -0.15) is 11.8 Å². The van der Waals surface area contributed by atoms with Gasteiger partial charge in [-0.1, -0.05) is 25.1 Å². The molecule has 2 atom stereocenters. The summed E-state index contributed by atoms with van der Waals surface area (Å²) < 4.78 is 5.60. The first-order chi connectivity index (χ1) is 9.78. The van der Waals surface area contributed by atoms with Gasteiger partial charge in [0.2, 0.25) is 0 Å². The molecule has 1 saturated carbocycles. The van der Waals surface area contributed by atoms with Crippen molar-refractivity contribution in [2.75, 3.05) is 5.75 Å². The second-order valence-corrected chi connectivity index (χ2v) is 7.24. The van der Waals surface area contributed by atoms with Crippen molar-refractivity contribution < 1.29 is 4.42 Å². The number of nitrogens with one attached hydrogen (secondary N) is 1. The lowest BCUT2D eigenvalue weighted by molar-refractivity contribution is 0.521. The van der Waals surface area contributed by atoms with Gasteiger partial charge in [-0.05, 0) is 42.7 Å². The van der Waals surface area contributed by atoms with Crippen LogP contribution in [0.3, 0.4) is 0 Å². The number of benzene rings is 1. The molecule has 20 heavy (non-hydrogen) atoms. The largest absolute Gasteiger partial charge is 0.444 e. The Labute approximate surface area is 129 Å². The van der Waals surface area contributed by atoms with E-state index in [0.717, 1.165) is 28.3 Å². The van der Waals surface area contributed by atoms with Gasteiger partial charge in [0.25, 0.3) is 0 Å². The summed E-state index contributed by atoms with van der Waals surface area (Å²) in [5.74, 6) is 1.22.